The Bertz CT molecular complexity index is 132. The third-order valence-corrected chi connectivity index (χ3v) is 0.544. The monoisotopic (exact) mass is 132 g/mol. The summed E-state index contributed by atoms with van der Waals surface area (Å²) in [7, 11) is 0. The summed E-state index contributed by atoms with van der Waals surface area (Å²) in [5, 5.41) is 9.65. The van der Waals surface area contributed by atoms with Gasteiger partial charge in [-0.25, -0.2) is 0 Å². The maximum atomic E-state index is 9.65. The molecule has 0 aliphatic heterocycles. The summed E-state index contributed by atoms with van der Waals surface area (Å²) in [4.78, 5) is 8.99. The minimum atomic E-state index is -0.662. The zero-order valence-corrected chi connectivity index (χ0v) is 5.03. The molecule has 2 N–H and O–H groups in total. The molecule has 0 rings (SSSR count). The molecule has 5 heteroatoms. The molecule has 0 bridgehead atoms. The van der Waals surface area contributed by atoms with Crippen molar-refractivity contribution in [3.63, 3.8) is 0 Å². The van der Waals surface area contributed by atoms with E-state index in [0.29, 0.717) is 12.8 Å². The van der Waals surface area contributed by atoms with Crippen LogP contribution >= 0.6 is 0 Å². The fourth-order valence-corrected chi connectivity index (χ4v) is 0.308. The SMILES string of the molecule is CCO/C(N)=C/[N+](=O)[O-]. The van der Waals surface area contributed by atoms with Crippen molar-refractivity contribution in [2.75, 3.05) is 6.61 Å². The molecule has 5 nitrogen and oxygen atoms in total. The summed E-state index contributed by atoms with van der Waals surface area (Å²) in [6.07, 6.45) is 0.615. The highest BCUT2D eigenvalue weighted by atomic mass is 16.6. The molecule has 0 heterocycles. The Hall–Kier alpha value is -1.26. The van der Waals surface area contributed by atoms with Gasteiger partial charge in [-0.3, -0.25) is 10.1 Å². The summed E-state index contributed by atoms with van der Waals surface area (Å²) in [6, 6.07) is 0. The van der Waals surface area contributed by atoms with Gasteiger partial charge in [-0.15, -0.1) is 0 Å². The summed E-state index contributed by atoms with van der Waals surface area (Å²) in [5.74, 6) is -0.164. The van der Waals surface area contributed by atoms with Crippen molar-refractivity contribution in [2.24, 2.45) is 5.73 Å². The van der Waals surface area contributed by atoms with E-state index >= 15 is 0 Å². The molecule has 0 spiro atoms. The highest BCUT2D eigenvalue weighted by Crippen LogP contribution is 1.85. The Morgan fingerprint density at radius 3 is 2.89 bits per heavy atom. The Balaban J connectivity index is 3.69. The lowest BCUT2D eigenvalue weighted by Crippen LogP contribution is -2.04. The van der Waals surface area contributed by atoms with Crippen LogP contribution in [0.1, 0.15) is 6.92 Å². The first-order valence-electron chi connectivity index (χ1n) is 2.40. The van der Waals surface area contributed by atoms with E-state index in [-0.39, 0.29) is 5.88 Å². The number of nitro groups is 1. The van der Waals surface area contributed by atoms with Crippen LogP contribution < -0.4 is 5.73 Å². The molecule has 0 fully saturated rings. The predicted molar refractivity (Wildman–Crippen MR) is 30.9 cm³/mol. The Kier molecular flexibility index (Phi) is 3.19. The number of nitrogens with two attached hydrogens (primary N) is 1. The molecular weight excluding hydrogens is 124 g/mol. The molecule has 0 amide bonds. The lowest BCUT2D eigenvalue weighted by Gasteiger charge is -1.95. The third-order valence-electron chi connectivity index (χ3n) is 0.544. The van der Waals surface area contributed by atoms with Crippen LogP contribution in [0.4, 0.5) is 0 Å². The van der Waals surface area contributed by atoms with Crippen LogP contribution in [-0.2, 0) is 4.74 Å². The first-order valence-corrected chi connectivity index (χ1v) is 2.40. The van der Waals surface area contributed by atoms with Crippen LogP contribution in [0.25, 0.3) is 0 Å². The van der Waals surface area contributed by atoms with Crippen LogP contribution in [0.15, 0.2) is 12.1 Å². The molecule has 0 aromatic carbocycles. The Morgan fingerprint density at radius 1 is 2.00 bits per heavy atom. The van der Waals surface area contributed by atoms with E-state index < -0.39 is 4.92 Å². The van der Waals surface area contributed by atoms with E-state index in [0.717, 1.165) is 0 Å². The van der Waals surface area contributed by atoms with Gasteiger partial charge in [-0.05, 0) is 6.92 Å². The van der Waals surface area contributed by atoms with Gasteiger partial charge in [-0.2, -0.15) is 0 Å². The quantitative estimate of drug-likeness (QED) is 0.334. The van der Waals surface area contributed by atoms with E-state index in [4.69, 9.17) is 5.73 Å². The van der Waals surface area contributed by atoms with Gasteiger partial charge >= 0.3 is 0 Å². The number of ether oxygens (including phenoxy) is 1. The molecule has 0 aromatic rings. The highest BCUT2D eigenvalue weighted by Gasteiger charge is 1.93. The van der Waals surface area contributed by atoms with Crippen molar-refractivity contribution in [1.82, 2.24) is 0 Å². The number of hydrogen-bond donors (Lipinski definition) is 1. The molecular formula is C4H8N2O3. The van der Waals surface area contributed by atoms with Crippen molar-refractivity contribution in [3.05, 3.63) is 22.2 Å². The average molecular weight is 132 g/mol. The van der Waals surface area contributed by atoms with Crippen molar-refractivity contribution in [3.8, 4) is 0 Å². The molecule has 0 saturated heterocycles. The second-order valence-corrected chi connectivity index (χ2v) is 1.25. The van der Waals surface area contributed by atoms with Crippen LogP contribution in [0, 0.1) is 10.1 Å². The standard InChI is InChI=1S/C4H8N2O3/c1-2-9-4(5)3-6(7)8/h3H,2,5H2,1H3/b4-3+. The minimum Gasteiger partial charge on any atom is -0.475 e. The second-order valence-electron chi connectivity index (χ2n) is 1.25. The van der Waals surface area contributed by atoms with Gasteiger partial charge in [0.1, 0.15) is 0 Å². The zero-order valence-electron chi connectivity index (χ0n) is 5.03. The maximum absolute atomic E-state index is 9.65. The van der Waals surface area contributed by atoms with Crippen molar-refractivity contribution >= 4 is 0 Å². The second kappa shape index (κ2) is 3.71. The molecule has 0 aliphatic carbocycles. The van der Waals surface area contributed by atoms with Crippen molar-refractivity contribution < 1.29 is 9.66 Å². The highest BCUT2D eigenvalue weighted by molar-refractivity contribution is 4.77. The van der Waals surface area contributed by atoms with Crippen LogP contribution in [0.3, 0.4) is 0 Å². The molecule has 0 aromatic heterocycles. The van der Waals surface area contributed by atoms with E-state index in [9.17, 15) is 10.1 Å². The minimum absolute atomic E-state index is 0.164. The van der Waals surface area contributed by atoms with E-state index in [1.807, 2.05) is 0 Å². The molecule has 9 heavy (non-hydrogen) atoms. The average Bonchev–Trinajstić information content (AvgIpc) is 1.63. The normalized spacial score (nSPS) is 11.0. The largest absolute Gasteiger partial charge is 0.475 e. The lowest BCUT2D eigenvalue weighted by atomic mass is 10.8. The van der Waals surface area contributed by atoms with Crippen LogP contribution in [-0.4, -0.2) is 11.5 Å². The molecule has 0 unspecified atom stereocenters. The van der Waals surface area contributed by atoms with Crippen LogP contribution in [0.5, 0.6) is 0 Å². The smallest absolute Gasteiger partial charge is 0.293 e. The van der Waals surface area contributed by atoms with E-state index in [1.54, 1.807) is 6.92 Å². The fourth-order valence-electron chi connectivity index (χ4n) is 0.308. The van der Waals surface area contributed by atoms with Gasteiger partial charge < -0.3 is 10.5 Å². The van der Waals surface area contributed by atoms with Gasteiger partial charge in [0.2, 0.25) is 0 Å². The summed E-state index contributed by atoms with van der Waals surface area (Å²) in [6.45, 7) is 2.04. The van der Waals surface area contributed by atoms with Crippen LogP contribution in [0.2, 0.25) is 0 Å². The van der Waals surface area contributed by atoms with Gasteiger partial charge in [0, 0.05) is 0 Å². The van der Waals surface area contributed by atoms with E-state index in [2.05, 4.69) is 4.74 Å². The molecule has 0 aliphatic rings. The summed E-state index contributed by atoms with van der Waals surface area (Å²) in [5.41, 5.74) is 4.98. The van der Waals surface area contributed by atoms with Gasteiger partial charge in [0.05, 0.1) is 11.5 Å². The first-order chi connectivity index (χ1) is 4.16. The number of rotatable bonds is 3. The van der Waals surface area contributed by atoms with Crippen molar-refractivity contribution in [1.29, 1.82) is 0 Å². The van der Waals surface area contributed by atoms with E-state index in [1.165, 1.54) is 0 Å². The maximum Gasteiger partial charge on any atom is 0.293 e. The molecule has 0 atom stereocenters. The van der Waals surface area contributed by atoms with Gasteiger partial charge in [0.25, 0.3) is 12.1 Å². The lowest BCUT2D eigenvalue weighted by molar-refractivity contribution is -0.405. The fraction of sp³-hybridized carbons (Fsp3) is 0.500. The number of nitrogens with zero attached hydrogens (tertiary/aromatic N) is 1. The Morgan fingerprint density at radius 2 is 2.56 bits per heavy atom. The summed E-state index contributed by atoms with van der Waals surface area (Å²) < 4.78 is 4.55. The van der Waals surface area contributed by atoms with Gasteiger partial charge in [0.15, 0.2) is 0 Å². The molecule has 0 saturated carbocycles. The first kappa shape index (κ1) is 7.74. The topological polar surface area (TPSA) is 78.4 Å². The van der Waals surface area contributed by atoms with Gasteiger partial charge in [-0.1, -0.05) is 0 Å². The zero-order chi connectivity index (χ0) is 7.28. The molecule has 0 radical (unpaired) electrons. The number of hydrogen-bond acceptors (Lipinski definition) is 4. The third kappa shape index (κ3) is 4.60. The van der Waals surface area contributed by atoms with Crippen molar-refractivity contribution in [2.45, 2.75) is 6.92 Å². The summed E-state index contributed by atoms with van der Waals surface area (Å²) >= 11 is 0. The predicted octanol–water partition coefficient (Wildman–Crippen LogP) is 0.0572. The Labute approximate surface area is 52.3 Å². The molecule has 52 valence electrons.